The van der Waals surface area contributed by atoms with Gasteiger partial charge in [0.15, 0.2) is 5.58 Å². The van der Waals surface area contributed by atoms with Gasteiger partial charge in [-0.3, -0.25) is 10.4 Å². The number of hydrogen-bond acceptors (Lipinski definition) is 3. The molecule has 5 heteroatoms. The van der Waals surface area contributed by atoms with Crippen molar-refractivity contribution in [3.05, 3.63) is 34.3 Å². The monoisotopic (exact) mass is 191 g/mol. The van der Waals surface area contributed by atoms with E-state index in [2.05, 4.69) is 4.98 Å². The number of oxazole rings is 1. The molecule has 5 nitrogen and oxygen atoms in total. The first kappa shape index (κ1) is 8.55. The Hall–Kier alpha value is -2.04. The van der Waals surface area contributed by atoms with E-state index in [1.54, 1.807) is 18.2 Å². The van der Waals surface area contributed by atoms with Gasteiger partial charge >= 0.3 is 5.76 Å². The summed E-state index contributed by atoms with van der Waals surface area (Å²) < 4.78 is 4.94. The van der Waals surface area contributed by atoms with Crippen LogP contribution >= 0.6 is 0 Å². The molecule has 0 fully saturated rings. The quantitative estimate of drug-likeness (QED) is 0.479. The molecule has 0 spiro atoms. The van der Waals surface area contributed by atoms with Gasteiger partial charge in [-0.05, 0) is 6.07 Å². The van der Waals surface area contributed by atoms with Crippen LogP contribution < -0.4 is 11.5 Å². The van der Waals surface area contributed by atoms with Gasteiger partial charge in [0.05, 0.1) is 11.4 Å². The number of aromatic amines is 1. The molecule has 14 heavy (non-hydrogen) atoms. The van der Waals surface area contributed by atoms with Gasteiger partial charge in [0.25, 0.3) is 0 Å². The summed E-state index contributed by atoms with van der Waals surface area (Å²) in [7, 11) is 0. The van der Waals surface area contributed by atoms with Crippen molar-refractivity contribution in [1.82, 2.24) is 4.98 Å². The number of amidine groups is 1. The fraction of sp³-hybridized carbons (Fsp3) is 0.111. The van der Waals surface area contributed by atoms with Crippen molar-refractivity contribution in [1.29, 1.82) is 5.41 Å². The van der Waals surface area contributed by atoms with Crippen LogP contribution in [0.25, 0.3) is 11.1 Å². The lowest BCUT2D eigenvalue weighted by molar-refractivity contribution is 0.553. The van der Waals surface area contributed by atoms with Crippen molar-refractivity contribution in [2.45, 2.75) is 6.42 Å². The molecule has 0 aliphatic heterocycles. The van der Waals surface area contributed by atoms with Crippen LogP contribution in [0.1, 0.15) is 5.56 Å². The smallest absolute Gasteiger partial charge is 0.408 e. The standard InChI is InChI=1S/C9H9N3O2/c10-7(11)4-5-2-1-3-6-8(5)14-9(13)12-6/h1-3H,4H2,(H3,10,11)(H,12,13). The second-order valence-electron chi connectivity index (χ2n) is 3.01. The Kier molecular flexibility index (Phi) is 1.85. The molecule has 0 bridgehead atoms. The minimum Gasteiger partial charge on any atom is -0.408 e. The Morgan fingerprint density at radius 3 is 3.07 bits per heavy atom. The van der Waals surface area contributed by atoms with Crippen LogP contribution in [0.5, 0.6) is 0 Å². The third kappa shape index (κ3) is 1.39. The summed E-state index contributed by atoms with van der Waals surface area (Å²) in [5.41, 5.74) is 7.13. The minimum atomic E-state index is -0.490. The highest BCUT2D eigenvalue weighted by Gasteiger charge is 2.06. The molecule has 2 rings (SSSR count). The first-order chi connectivity index (χ1) is 6.66. The van der Waals surface area contributed by atoms with Crippen molar-refractivity contribution in [3.63, 3.8) is 0 Å². The highest BCUT2D eigenvalue weighted by atomic mass is 16.4. The summed E-state index contributed by atoms with van der Waals surface area (Å²) in [4.78, 5) is 13.5. The number of hydrogen-bond donors (Lipinski definition) is 3. The van der Waals surface area contributed by atoms with Crippen LogP contribution in [-0.2, 0) is 6.42 Å². The van der Waals surface area contributed by atoms with Gasteiger partial charge in [0.1, 0.15) is 0 Å². The minimum absolute atomic E-state index is 0.0429. The second kappa shape index (κ2) is 3.02. The van der Waals surface area contributed by atoms with E-state index in [4.69, 9.17) is 15.6 Å². The molecule has 0 unspecified atom stereocenters. The van der Waals surface area contributed by atoms with E-state index in [0.717, 1.165) is 5.56 Å². The number of benzene rings is 1. The lowest BCUT2D eigenvalue weighted by Gasteiger charge is -1.98. The molecular formula is C9H9N3O2. The van der Waals surface area contributed by atoms with Crippen LogP contribution in [0.2, 0.25) is 0 Å². The van der Waals surface area contributed by atoms with Crippen molar-refractivity contribution in [2.75, 3.05) is 0 Å². The molecule has 1 heterocycles. The Morgan fingerprint density at radius 2 is 2.36 bits per heavy atom. The maximum absolute atomic E-state index is 10.9. The zero-order valence-electron chi connectivity index (χ0n) is 7.33. The van der Waals surface area contributed by atoms with Gasteiger partial charge in [-0.2, -0.15) is 0 Å². The Labute approximate surface area is 79.0 Å². The summed E-state index contributed by atoms with van der Waals surface area (Å²) in [5.74, 6) is -0.447. The van der Waals surface area contributed by atoms with E-state index in [9.17, 15) is 4.79 Å². The van der Waals surface area contributed by atoms with E-state index in [0.29, 0.717) is 11.1 Å². The largest absolute Gasteiger partial charge is 0.417 e. The topological polar surface area (TPSA) is 95.9 Å². The van der Waals surface area contributed by atoms with Crippen molar-refractivity contribution < 1.29 is 4.42 Å². The lowest BCUT2D eigenvalue weighted by atomic mass is 10.1. The Balaban J connectivity index is 2.64. The van der Waals surface area contributed by atoms with E-state index in [1.165, 1.54) is 0 Å². The Bertz CT molecular complexity index is 538. The number of fused-ring (bicyclic) bond motifs is 1. The number of para-hydroxylation sites is 1. The van der Waals surface area contributed by atoms with Gasteiger partial charge in [0.2, 0.25) is 0 Å². The summed E-state index contributed by atoms with van der Waals surface area (Å²) in [6.07, 6.45) is 0.290. The number of aromatic nitrogens is 1. The maximum Gasteiger partial charge on any atom is 0.417 e. The first-order valence-corrected chi connectivity index (χ1v) is 4.10. The molecule has 0 aliphatic rings. The van der Waals surface area contributed by atoms with Gasteiger partial charge in [-0.15, -0.1) is 0 Å². The van der Waals surface area contributed by atoms with E-state index >= 15 is 0 Å². The zero-order valence-corrected chi connectivity index (χ0v) is 7.33. The zero-order chi connectivity index (χ0) is 10.1. The molecule has 72 valence electrons. The highest BCUT2D eigenvalue weighted by Crippen LogP contribution is 2.15. The van der Waals surface area contributed by atoms with E-state index < -0.39 is 5.76 Å². The Morgan fingerprint density at radius 1 is 1.57 bits per heavy atom. The third-order valence-electron chi connectivity index (χ3n) is 1.91. The summed E-state index contributed by atoms with van der Waals surface area (Å²) in [6, 6.07) is 5.30. The van der Waals surface area contributed by atoms with Crippen molar-refractivity contribution >= 4 is 16.9 Å². The predicted molar refractivity (Wildman–Crippen MR) is 52.5 cm³/mol. The SMILES string of the molecule is N=C(N)Cc1cccc2[nH]c(=O)oc12. The first-order valence-electron chi connectivity index (χ1n) is 4.10. The molecule has 1 aromatic heterocycles. The normalized spacial score (nSPS) is 10.6. The number of nitrogens with one attached hydrogen (secondary N) is 2. The van der Waals surface area contributed by atoms with E-state index in [-0.39, 0.29) is 12.3 Å². The van der Waals surface area contributed by atoms with Crippen LogP contribution in [0.3, 0.4) is 0 Å². The maximum atomic E-state index is 10.9. The molecule has 0 amide bonds. The number of nitrogens with two attached hydrogens (primary N) is 1. The lowest BCUT2D eigenvalue weighted by Crippen LogP contribution is -2.12. The molecule has 0 saturated heterocycles. The molecule has 0 saturated carbocycles. The molecular weight excluding hydrogens is 182 g/mol. The van der Waals surface area contributed by atoms with E-state index in [1.807, 2.05) is 0 Å². The molecule has 1 aromatic carbocycles. The average molecular weight is 191 g/mol. The fourth-order valence-corrected chi connectivity index (χ4v) is 1.38. The van der Waals surface area contributed by atoms with Gasteiger partial charge in [0, 0.05) is 12.0 Å². The van der Waals surface area contributed by atoms with Crippen molar-refractivity contribution in [2.24, 2.45) is 5.73 Å². The summed E-state index contributed by atoms with van der Waals surface area (Å²) in [6.45, 7) is 0. The van der Waals surface area contributed by atoms with Gasteiger partial charge < -0.3 is 10.2 Å². The molecule has 0 radical (unpaired) electrons. The second-order valence-corrected chi connectivity index (χ2v) is 3.01. The predicted octanol–water partition coefficient (Wildman–Crippen LogP) is 0.600. The van der Waals surface area contributed by atoms with Crippen LogP contribution in [-0.4, -0.2) is 10.8 Å². The third-order valence-corrected chi connectivity index (χ3v) is 1.91. The highest BCUT2D eigenvalue weighted by molar-refractivity contribution is 5.85. The molecule has 0 atom stereocenters. The fourth-order valence-electron chi connectivity index (χ4n) is 1.38. The van der Waals surface area contributed by atoms with Crippen LogP contribution in [0, 0.1) is 5.41 Å². The van der Waals surface area contributed by atoms with Gasteiger partial charge in [-0.1, -0.05) is 12.1 Å². The molecule has 0 aliphatic carbocycles. The van der Waals surface area contributed by atoms with Crippen molar-refractivity contribution in [3.8, 4) is 0 Å². The average Bonchev–Trinajstić information content (AvgIpc) is 2.45. The molecule has 2 aromatic rings. The van der Waals surface area contributed by atoms with Crippen LogP contribution in [0.15, 0.2) is 27.4 Å². The summed E-state index contributed by atoms with van der Waals surface area (Å²) >= 11 is 0. The van der Waals surface area contributed by atoms with Crippen LogP contribution in [0.4, 0.5) is 0 Å². The molecule has 4 N–H and O–H groups in total. The number of H-pyrrole nitrogens is 1. The number of rotatable bonds is 2. The van der Waals surface area contributed by atoms with Gasteiger partial charge in [-0.25, -0.2) is 4.79 Å². The summed E-state index contributed by atoms with van der Waals surface area (Å²) in [5, 5.41) is 7.16.